The molecule has 1 N–H and O–H groups in total. The molecule has 2 rings (SSSR count). The van der Waals surface area contributed by atoms with Gasteiger partial charge in [0.25, 0.3) is 10.2 Å². The first-order valence-corrected chi connectivity index (χ1v) is 11.4. The molecule has 1 aromatic carbocycles. The van der Waals surface area contributed by atoms with Crippen molar-refractivity contribution in [3.05, 3.63) is 29.8 Å². The third-order valence-electron chi connectivity index (χ3n) is 5.23. The predicted octanol–water partition coefficient (Wildman–Crippen LogP) is 1.85. The molecule has 1 fully saturated rings. The van der Waals surface area contributed by atoms with Crippen molar-refractivity contribution >= 4 is 21.8 Å². The van der Waals surface area contributed by atoms with E-state index < -0.39 is 10.2 Å². The average molecular weight is 411 g/mol. The number of hydrogen-bond donors (Lipinski definition) is 1. The lowest BCUT2D eigenvalue weighted by molar-refractivity contribution is -0.126. The fraction of sp³-hybridized carbons (Fsp3) is 0.650. The summed E-state index contributed by atoms with van der Waals surface area (Å²) in [6.45, 7) is 7.32. The summed E-state index contributed by atoms with van der Waals surface area (Å²) in [7, 11) is -0.419. The minimum atomic E-state index is -3.46. The van der Waals surface area contributed by atoms with Crippen LogP contribution in [0, 0.1) is 12.8 Å². The Hall–Kier alpha value is -1.64. The minimum absolute atomic E-state index is 0.0444. The molecule has 1 atom stereocenters. The molecule has 8 heteroatoms. The third kappa shape index (κ3) is 5.93. The molecule has 1 amide bonds. The van der Waals surface area contributed by atoms with Crippen LogP contribution in [0.1, 0.15) is 31.7 Å². The van der Waals surface area contributed by atoms with Crippen LogP contribution < -0.4 is 10.2 Å². The van der Waals surface area contributed by atoms with Gasteiger partial charge in [0.1, 0.15) is 0 Å². The highest BCUT2D eigenvalue weighted by atomic mass is 32.2. The first-order chi connectivity index (χ1) is 13.3. The van der Waals surface area contributed by atoms with Gasteiger partial charge in [-0.2, -0.15) is 17.0 Å². The Morgan fingerprint density at radius 2 is 1.93 bits per heavy atom. The third-order valence-corrected chi connectivity index (χ3v) is 7.13. The van der Waals surface area contributed by atoms with E-state index in [0.717, 1.165) is 25.9 Å². The summed E-state index contributed by atoms with van der Waals surface area (Å²) < 4.78 is 27.2. The molecule has 1 aliphatic rings. The molecular formula is C20H34N4O3S. The van der Waals surface area contributed by atoms with Crippen LogP contribution in [0.2, 0.25) is 0 Å². The van der Waals surface area contributed by atoms with Gasteiger partial charge in [-0.25, -0.2) is 0 Å². The number of amides is 1. The van der Waals surface area contributed by atoms with Crippen molar-refractivity contribution in [3.63, 3.8) is 0 Å². The van der Waals surface area contributed by atoms with Crippen LogP contribution in [0.15, 0.2) is 24.3 Å². The number of nitrogens with one attached hydrogen (secondary N) is 1. The van der Waals surface area contributed by atoms with E-state index in [1.165, 1.54) is 34.0 Å². The Morgan fingerprint density at radius 1 is 1.25 bits per heavy atom. The quantitative estimate of drug-likeness (QED) is 0.631. The summed E-state index contributed by atoms with van der Waals surface area (Å²) in [6.07, 6.45) is 2.29. The number of rotatable bonds is 9. The molecule has 0 aromatic heterocycles. The second-order valence-electron chi connectivity index (χ2n) is 7.55. The standard InChI is InChI=1S/C20H34N4O3S/c1-5-23(19-11-9-17(2)10-12-19)14-7-13-21-20(25)18-8-6-15-24(16-18)28(26,27)22(3)4/h9-12,18H,5-8,13-16H2,1-4H3,(H,21,25). The van der Waals surface area contributed by atoms with E-state index in [4.69, 9.17) is 0 Å². The highest BCUT2D eigenvalue weighted by Gasteiger charge is 2.33. The van der Waals surface area contributed by atoms with Gasteiger partial charge in [0.15, 0.2) is 0 Å². The zero-order valence-corrected chi connectivity index (χ0v) is 18.3. The molecule has 0 aliphatic carbocycles. The van der Waals surface area contributed by atoms with Crippen molar-refractivity contribution in [1.29, 1.82) is 0 Å². The van der Waals surface area contributed by atoms with Crippen LogP contribution in [0.5, 0.6) is 0 Å². The molecule has 0 bridgehead atoms. The summed E-state index contributed by atoms with van der Waals surface area (Å²) in [5.74, 6) is -0.320. The Labute approximate surface area is 169 Å². The van der Waals surface area contributed by atoms with Crippen LogP contribution in [0.3, 0.4) is 0 Å². The number of aryl methyl sites for hydroxylation is 1. The van der Waals surface area contributed by atoms with Gasteiger partial charge in [0.05, 0.1) is 5.92 Å². The number of hydrogen-bond acceptors (Lipinski definition) is 4. The average Bonchev–Trinajstić information content (AvgIpc) is 2.68. The van der Waals surface area contributed by atoms with E-state index in [0.29, 0.717) is 19.5 Å². The van der Waals surface area contributed by atoms with Crippen LogP contribution in [-0.4, -0.2) is 69.8 Å². The molecule has 1 saturated heterocycles. The van der Waals surface area contributed by atoms with E-state index in [-0.39, 0.29) is 18.4 Å². The van der Waals surface area contributed by atoms with Crippen molar-refractivity contribution in [1.82, 2.24) is 13.9 Å². The largest absolute Gasteiger partial charge is 0.372 e. The zero-order chi connectivity index (χ0) is 20.7. The minimum Gasteiger partial charge on any atom is -0.372 e. The number of carbonyl (C=O) groups is 1. The van der Waals surface area contributed by atoms with Gasteiger partial charge in [-0.3, -0.25) is 4.79 Å². The monoisotopic (exact) mass is 410 g/mol. The molecule has 1 unspecified atom stereocenters. The van der Waals surface area contributed by atoms with E-state index in [9.17, 15) is 13.2 Å². The van der Waals surface area contributed by atoms with Gasteiger partial charge in [-0.15, -0.1) is 0 Å². The number of anilines is 1. The van der Waals surface area contributed by atoms with Gasteiger partial charge in [-0.05, 0) is 45.2 Å². The summed E-state index contributed by atoms with van der Waals surface area (Å²) in [6, 6.07) is 8.46. The molecule has 7 nitrogen and oxygen atoms in total. The number of carbonyl (C=O) groups excluding carboxylic acids is 1. The Morgan fingerprint density at radius 3 is 2.54 bits per heavy atom. The lowest BCUT2D eigenvalue weighted by Crippen LogP contribution is -2.49. The maximum absolute atomic E-state index is 12.5. The fourth-order valence-electron chi connectivity index (χ4n) is 3.45. The molecule has 28 heavy (non-hydrogen) atoms. The van der Waals surface area contributed by atoms with Gasteiger partial charge in [-0.1, -0.05) is 17.7 Å². The summed E-state index contributed by atoms with van der Waals surface area (Å²) in [5, 5.41) is 2.99. The topological polar surface area (TPSA) is 73.0 Å². The maximum Gasteiger partial charge on any atom is 0.281 e. The van der Waals surface area contributed by atoms with Crippen molar-refractivity contribution in [2.75, 3.05) is 51.7 Å². The summed E-state index contributed by atoms with van der Waals surface area (Å²) in [5.41, 5.74) is 2.43. The van der Waals surface area contributed by atoms with Gasteiger partial charge < -0.3 is 10.2 Å². The summed E-state index contributed by atoms with van der Waals surface area (Å²) in [4.78, 5) is 14.8. The van der Waals surface area contributed by atoms with Crippen molar-refractivity contribution < 1.29 is 13.2 Å². The smallest absolute Gasteiger partial charge is 0.281 e. The van der Waals surface area contributed by atoms with Crippen LogP contribution in [0.25, 0.3) is 0 Å². The molecule has 158 valence electrons. The molecule has 1 heterocycles. The second kappa shape index (κ2) is 10.2. The van der Waals surface area contributed by atoms with E-state index >= 15 is 0 Å². The molecule has 1 aliphatic heterocycles. The van der Waals surface area contributed by atoms with Crippen LogP contribution in [-0.2, 0) is 15.0 Å². The fourth-order valence-corrected chi connectivity index (χ4v) is 4.64. The lowest BCUT2D eigenvalue weighted by Gasteiger charge is -2.32. The number of nitrogens with zero attached hydrogens (tertiary/aromatic N) is 3. The highest BCUT2D eigenvalue weighted by Crippen LogP contribution is 2.20. The SMILES string of the molecule is CCN(CCCNC(=O)C1CCCN(S(=O)(=O)N(C)C)C1)c1ccc(C)cc1. The number of piperidine rings is 1. The Kier molecular flexibility index (Phi) is 8.27. The first-order valence-electron chi connectivity index (χ1n) is 10.0. The lowest BCUT2D eigenvalue weighted by atomic mass is 9.99. The second-order valence-corrected chi connectivity index (χ2v) is 9.69. The van der Waals surface area contributed by atoms with Gasteiger partial charge in [0.2, 0.25) is 5.91 Å². The highest BCUT2D eigenvalue weighted by molar-refractivity contribution is 7.86. The first kappa shape index (κ1) is 22.6. The summed E-state index contributed by atoms with van der Waals surface area (Å²) >= 11 is 0. The molecule has 0 spiro atoms. The number of benzene rings is 1. The Bertz CT molecular complexity index is 734. The van der Waals surface area contributed by atoms with Crippen molar-refractivity contribution in [3.8, 4) is 0 Å². The predicted molar refractivity (Wildman–Crippen MR) is 114 cm³/mol. The zero-order valence-electron chi connectivity index (χ0n) is 17.5. The van der Waals surface area contributed by atoms with Crippen LogP contribution >= 0.6 is 0 Å². The van der Waals surface area contributed by atoms with Crippen LogP contribution in [0.4, 0.5) is 5.69 Å². The Balaban J connectivity index is 1.79. The maximum atomic E-state index is 12.5. The van der Waals surface area contributed by atoms with Gasteiger partial charge >= 0.3 is 0 Å². The molecular weight excluding hydrogens is 376 g/mol. The van der Waals surface area contributed by atoms with Crippen molar-refractivity contribution in [2.45, 2.75) is 33.1 Å². The molecule has 0 saturated carbocycles. The van der Waals surface area contributed by atoms with E-state index in [1.54, 1.807) is 0 Å². The normalized spacial score (nSPS) is 18.2. The van der Waals surface area contributed by atoms with Gasteiger partial charge in [0, 0.05) is 52.5 Å². The van der Waals surface area contributed by atoms with E-state index in [1.807, 2.05) is 0 Å². The van der Waals surface area contributed by atoms with Crippen molar-refractivity contribution in [2.24, 2.45) is 5.92 Å². The molecule has 1 aromatic rings. The van der Waals surface area contributed by atoms with E-state index in [2.05, 4.69) is 48.3 Å². The molecule has 0 radical (unpaired) electrons.